The summed E-state index contributed by atoms with van der Waals surface area (Å²) < 4.78 is 4.91. The summed E-state index contributed by atoms with van der Waals surface area (Å²) in [4.78, 5) is 11.3. The highest BCUT2D eigenvalue weighted by molar-refractivity contribution is 5.94. The van der Waals surface area contributed by atoms with E-state index in [9.17, 15) is 4.79 Å². The molecule has 0 aliphatic carbocycles. The molecule has 1 unspecified atom stereocenters. The quantitative estimate of drug-likeness (QED) is 0.548. The van der Waals surface area contributed by atoms with Crippen LogP contribution in [0.2, 0.25) is 0 Å². The fraction of sp³-hybridized carbons (Fsp3) is 0.643. The monoisotopic (exact) mass is 238 g/mol. The summed E-state index contributed by atoms with van der Waals surface area (Å²) >= 11 is 0. The van der Waals surface area contributed by atoms with Gasteiger partial charge in [0.15, 0.2) is 0 Å². The molecule has 3 nitrogen and oxygen atoms in total. The molecule has 17 heavy (non-hydrogen) atoms. The highest BCUT2D eigenvalue weighted by Crippen LogP contribution is 2.16. The molecular formula is C14H22O3. The molecule has 0 amide bonds. The van der Waals surface area contributed by atoms with Crippen molar-refractivity contribution < 1.29 is 14.6 Å². The molecule has 96 valence electrons. The van der Waals surface area contributed by atoms with E-state index in [0.29, 0.717) is 12.2 Å². The molecular weight excluding hydrogens is 216 g/mol. The van der Waals surface area contributed by atoms with Crippen LogP contribution in [0, 0.1) is 0 Å². The number of aliphatic hydroxyl groups is 1. The van der Waals surface area contributed by atoms with E-state index < -0.39 is 0 Å². The molecule has 1 atom stereocenters. The maximum atomic E-state index is 11.3. The summed E-state index contributed by atoms with van der Waals surface area (Å²) in [6.07, 6.45) is 8.86. The molecule has 1 N–H and O–H groups in total. The second kappa shape index (κ2) is 7.28. The molecule has 0 spiro atoms. The van der Waals surface area contributed by atoms with Gasteiger partial charge in [-0.15, -0.1) is 0 Å². The van der Waals surface area contributed by atoms with Gasteiger partial charge in [0.2, 0.25) is 0 Å². The van der Waals surface area contributed by atoms with Crippen molar-refractivity contribution in [3.63, 3.8) is 0 Å². The van der Waals surface area contributed by atoms with E-state index in [1.54, 1.807) is 0 Å². The van der Waals surface area contributed by atoms with Crippen molar-refractivity contribution in [2.45, 2.75) is 52.1 Å². The number of carbonyl (C=O) groups is 1. The number of rotatable bonds is 7. The molecule has 1 rings (SSSR count). The summed E-state index contributed by atoms with van der Waals surface area (Å²) in [5.41, 5.74) is 1.73. The summed E-state index contributed by atoms with van der Waals surface area (Å²) in [5.74, 6) is -0.201. The van der Waals surface area contributed by atoms with Gasteiger partial charge in [-0.05, 0) is 38.7 Å². The molecule has 0 saturated carbocycles. The van der Waals surface area contributed by atoms with Crippen molar-refractivity contribution >= 4 is 5.97 Å². The Morgan fingerprint density at radius 1 is 1.41 bits per heavy atom. The average molecular weight is 238 g/mol. The molecule has 0 radical (unpaired) electrons. The smallest absolute Gasteiger partial charge is 0.338 e. The van der Waals surface area contributed by atoms with Gasteiger partial charge in [0.05, 0.1) is 11.7 Å². The fourth-order valence-corrected chi connectivity index (χ4v) is 1.79. The lowest BCUT2D eigenvalue weighted by Gasteiger charge is -2.02. The Morgan fingerprint density at radius 3 is 2.76 bits per heavy atom. The highest BCUT2D eigenvalue weighted by Gasteiger charge is 2.18. The van der Waals surface area contributed by atoms with E-state index in [-0.39, 0.29) is 12.1 Å². The maximum absolute atomic E-state index is 11.3. The SMILES string of the molecule is CC1=C(C=CCCCCCC(C)O)C(=O)OC1. The Bertz CT molecular complexity index is 313. The third kappa shape index (κ3) is 5.18. The van der Waals surface area contributed by atoms with Crippen LogP contribution in [0.4, 0.5) is 0 Å². The van der Waals surface area contributed by atoms with E-state index in [0.717, 1.165) is 37.7 Å². The van der Waals surface area contributed by atoms with Crippen LogP contribution in [-0.2, 0) is 9.53 Å². The Hall–Kier alpha value is -1.09. The van der Waals surface area contributed by atoms with Crippen molar-refractivity contribution in [2.24, 2.45) is 0 Å². The van der Waals surface area contributed by atoms with Gasteiger partial charge in [-0.2, -0.15) is 0 Å². The zero-order chi connectivity index (χ0) is 12.7. The first-order valence-corrected chi connectivity index (χ1v) is 6.32. The number of carbonyl (C=O) groups excluding carboxylic acids is 1. The molecule has 0 aromatic rings. The van der Waals surface area contributed by atoms with Crippen molar-refractivity contribution in [3.05, 3.63) is 23.3 Å². The molecule has 0 bridgehead atoms. The number of esters is 1. The Kier molecular flexibility index (Phi) is 5.98. The van der Waals surface area contributed by atoms with Gasteiger partial charge >= 0.3 is 5.97 Å². The minimum absolute atomic E-state index is 0.188. The number of ether oxygens (including phenoxy) is 1. The zero-order valence-electron chi connectivity index (χ0n) is 10.7. The number of allylic oxidation sites excluding steroid dienone is 1. The number of aliphatic hydroxyl groups excluding tert-OH is 1. The van der Waals surface area contributed by atoms with Crippen LogP contribution in [-0.4, -0.2) is 23.8 Å². The standard InChI is InChI=1S/C14H22O3/c1-11-10-17-14(16)13(11)9-7-5-3-4-6-8-12(2)15/h7,9,12,15H,3-6,8,10H2,1-2H3. The van der Waals surface area contributed by atoms with E-state index in [2.05, 4.69) is 0 Å². The van der Waals surface area contributed by atoms with Crippen LogP contribution in [0.1, 0.15) is 46.0 Å². The summed E-state index contributed by atoms with van der Waals surface area (Å²) in [6.45, 7) is 4.18. The molecule has 1 heterocycles. The number of hydrogen-bond acceptors (Lipinski definition) is 3. The van der Waals surface area contributed by atoms with Crippen LogP contribution in [0.15, 0.2) is 23.3 Å². The van der Waals surface area contributed by atoms with E-state index in [4.69, 9.17) is 9.84 Å². The van der Waals surface area contributed by atoms with E-state index in [1.807, 2.05) is 26.0 Å². The van der Waals surface area contributed by atoms with Gasteiger partial charge in [0, 0.05) is 0 Å². The topological polar surface area (TPSA) is 46.5 Å². The van der Waals surface area contributed by atoms with E-state index in [1.165, 1.54) is 0 Å². The number of cyclic esters (lactones) is 1. The highest BCUT2D eigenvalue weighted by atomic mass is 16.5. The predicted octanol–water partition coefficient (Wildman–Crippen LogP) is 2.75. The molecule has 0 fully saturated rings. The maximum Gasteiger partial charge on any atom is 0.338 e. The van der Waals surface area contributed by atoms with Crippen LogP contribution in [0.3, 0.4) is 0 Å². The minimum Gasteiger partial charge on any atom is -0.458 e. The molecule has 1 aliphatic rings. The fourth-order valence-electron chi connectivity index (χ4n) is 1.79. The lowest BCUT2D eigenvalue weighted by molar-refractivity contribution is -0.135. The first kappa shape index (κ1) is 14.0. The van der Waals surface area contributed by atoms with Crippen LogP contribution < -0.4 is 0 Å². The van der Waals surface area contributed by atoms with Gasteiger partial charge in [-0.3, -0.25) is 0 Å². The summed E-state index contributed by atoms with van der Waals surface area (Å²) in [6, 6.07) is 0. The van der Waals surface area contributed by atoms with Gasteiger partial charge in [0.1, 0.15) is 6.61 Å². The van der Waals surface area contributed by atoms with Crippen LogP contribution in [0.5, 0.6) is 0 Å². The van der Waals surface area contributed by atoms with Crippen molar-refractivity contribution in [2.75, 3.05) is 6.61 Å². The molecule has 3 heteroatoms. The Balaban J connectivity index is 2.14. The van der Waals surface area contributed by atoms with Crippen molar-refractivity contribution in [1.29, 1.82) is 0 Å². The normalized spacial score (nSPS) is 17.9. The number of unbranched alkanes of at least 4 members (excludes halogenated alkanes) is 3. The third-order valence-electron chi connectivity index (χ3n) is 2.88. The predicted molar refractivity (Wildman–Crippen MR) is 67.6 cm³/mol. The average Bonchev–Trinajstić information content (AvgIpc) is 2.58. The molecule has 0 saturated heterocycles. The van der Waals surface area contributed by atoms with Crippen molar-refractivity contribution in [1.82, 2.24) is 0 Å². The lowest BCUT2D eigenvalue weighted by atomic mass is 10.1. The first-order valence-electron chi connectivity index (χ1n) is 6.32. The Labute approximate surface area is 103 Å². The van der Waals surface area contributed by atoms with Gasteiger partial charge in [-0.1, -0.05) is 25.0 Å². The minimum atomic E-state index is -0.201. The Morgan fingerprint density at radius 2 is 2.18 bits per heavy atom. The largest absolute Gasteiger partial charge is 0.458 e. The van der Waals surface area contributed by atoms with Crippen molar-refractivity contribution in [3.8, 4) is 0 Å². The summed E-state index contributed by atoms with van der Waals surface area (Å²) in [5, 5.41) is 9.09. The molecule has 0 aromatic carbocycles. The first-order chi connectivity index (χ1) is 8.11. The van der Waals surface area contributed by atoms with Gasteiger partial charge in [-0.25, -0.2) is 4.79 Å². The lowest BCUT2D eigenvalue weighted by Crippen LogP contribution is -1.98. The third-order valence-corrected chi connectivity index (χ3v) is 2.88. The van der Waals surface area contributed by atoms with Crippen LogP contribution in [0.25, 0.3) is 0 Å². The second-order valence-electron chi connectivity index (χ2n) is 4.66. The van der Waals surface area contributed by atoms with E-state index >= 15 is 0 Å². The second-order valence-corrected chi connectivity index (χ2v) is 4.66. The molecule has 1 aliphatic heterocycles. The van der Waals surface area contributed by atoms with Gasteiger partial charge in [0.25, 0.3) is 0 Å². The summed E-state index contributed by atoms with van der Waals surface area (Å²) in [7, 11) is 0. The van der Waals surface area contributed by atoms with Crippen LogP contribution >= 0.6 is 0 Å². The van der Waals surface area contributed by atoms with Gasteiger partial charge < -0.3 is 9.84 Å². The molecule has 0 aromatic heterocycles. The number of hydrogen-bond donors (Lipinski definition) is 1. The zero-order valence-corrected chi connectivity index (χ0v) is 10.7.